The van der Waals surface area contributed by atoms with Crippen LogP contribution in [-0.2, 0) is 10.3 Å². The molecule has 1 N–H and O–H groups in total. The lowest BCUT2D eigenvalue weighted by molar-refractivity contribution is -0.118. The van der Waals surface area contributed by atoms with Gasteiger partial charge in [-0.3, -0.25) is 4.79 Å². The van der Waals surface area contributed by atoms with Crippen LogP contribution in [0.4, 0.5) is 4.39 Å². The van der Waals surface area contributed by atoms with E-state index in [9.17, 15) is 9.18 Å². The third-order valence-electron chi connectivity index (χ3n) is 4.15. The van der Waals surface area contributed by atoms with Gasteiger partial charge in [-0.1, -0.05) is 17.7 Å². The largest absolute Gasteiger partial charge is 0.493 e. The molecule has 0 aliphatic carbocycles. The number of ether oxygens (including phenoxy) is 3. The Labute approximate surface area is 169 Å². The standard InChI is InChI=1S/C21H23ClFNO4/c1-21(2,15-8-7-14(23)12-16(15)22)24-19(25)9-6-13-10-17(26-3)20(28-5)18(11-13)27-4/h6-12H,1-5H3,(H,24,25)/b9-6+. The minimum Gasteiger partial charge on any atom is -0.493 e. The van der Waals surface area contributed by atoms with Crippen LogP contribution in [0.1, 0.15) is 25.0 Å². The molecule has 28 heavy (non-hydrogen) atoms. The number of carbonyl (C=O) groups excluding carboxylic acids is 1. The van der Waals surface area contributed by atoms with E-state index in [2.05, 4.69) is 5.32 Å². The molecule has 2 aromatic carbocycles. The van der Waals surface area contributed by atoms with Crippen molar-refractivity contribution in [1.82, 2.24) is 5.32 Å². The Kier molecular flexibility index (Phi) is 6.91. The average molecular weight is 408 g/mol. The zero-order valence-electron chi connectivity index (χ0n) is 16.4. The Morgan fingerprint density at radius 2 is 1.68 bits per heavy atom. The van der Waals surface area contributed by atoms with E-state index in [0.29, 0.717) is 28.4 Å². The van der Waals surface area contributed by atoms with Gasteiger partial charge < -0.3 is 19.5 Å². The zero-order valence-corrected chi connectivity index (χ0v) is 17.2. The number of amides is 1. The molecule has 1 amide bonds. The van der Waals surface area contributed by atoms with Crippen molar-refractivity contribution >= 4 is 23.6 Å². The van der Waals surface area contributed by atoms with Crippen LogP contribution >= 0.6 is 11.6 Å². The van der Waals surface area contributed by atoms with Crippen molar-refractivity contribution in [3.05, 3.63) is 58.4 Å². The summed E-state index contributed by atoms with van der Waals surface area (Å²) in [4.78, 5) is 12.4. The van der Waals surface area contributed by atoms with E-state index in [4.69, 9.17) is 25.8 Å². The molecule has 0 saturated carbocycles. The number of halogens is 2. The molecule has 0 radical (unpaired) electrons. The lowest BCUT2D eigenvalue weighted by atomic mass is 9.94. The number of rotatable bonds is 7. The molecule has 0 saturated heterocycles. The molecule has 0 spiro atoms. The fourth-order valence-electron chi connectivity index (χ4n) is 2.78. The van der Waals surface area contributed by atoms with E-state index in [0.717, 1.165) is 0 Å². The Bertz CT molecular complexity index is 871. The zero-order chi connectivity index (χ0) is 20.9. The maximum atomic E-state index is 13.3. The predicted molar refractivity (Wildman–Crippen MR) is 108 cm³/mol. The van der Waals surface area contributed by atoms with Crippen LogP contribution in [0.5, 0.6) is 17.2 Å². The van der Waals surface area contributed by atoms with Gasteiger partial charge in [-0.2, -0.15) is 0 Å². The van der Waals surface area contributed by atoms with Gasteiger partial charge >= 0.3 is 0 Å². The minimum absolute atomic E-state index is 0.249. The summed E-state index contributed by atoms with van der Waals surface area (Å²) in [5.41, 5.74) is 0.522. The second-order valence-electron chi connectivity index (χ2n) is 6.53. The first-order valence-corrected chi connectivity index (χ1v) is 8.85. The van der Waals surface area contributed by atoms with Crippen LogP contribution in [0.3, 0.4) is 0 Å². The Balaban J connectivity index is 2.21. The van der Waals surface area contributed by atoms with Crippen LogP contribution in [0.25, 0.3) is 6.08 Å². The summed E-state index contributed by atoms with van der Waals surface area (Å²) in [5, 5.41) is 3.11. The van der Waals surface area contributed by atoms with Crippen LogP contribution in [-0.4, -0.2) is 27.2 Å². The van der Waals surface area contributed by atoms with Gasteiger partial charge in [-0.05, 0) is 55.3 Å². The van der Waals surface area contributed by atoms with Crippen molar-refractivity contribution in [2.75, 3.05) is 21.3 Å². The molecular weight excluding hydrogens is 385 g/mol. The number of methoxy groups -OCH3 is 3. The molecule has 0 bridgehead atoms. The van der Waals surface area contributed by atoms with Crippen molar-refractivity contribution < 1.29 is 23.4 Å². The number of nitrogens with one attached hydrogen (secondary N) is 1. The van der Waals surface area contributed by atoms with Gasteiger partial charge in [0.1, 0.15) is 5.82 Å². The summed E-state index contributed by atoms with van der Waals surface area (Å²) < 4.78 is 29.2. The monoisotopic (exact) mass is 407 g/mol. The van der Waals surface area contributed by atoms with Gasteiger partial charge in [0.05, 0.1) is 26.9 Å². The fourth-order valence-corrected chi connectivity index (χ4v) is 3.19. The molecule has 5 nitrogen and oxygen atoms in total. The average Bonchev–Trinajstić information content (AvgIpc) is 2.64. The number of benzene rings is 2. The lowest BCUT2D eigenvalue weighted by Gasteiger charge is -2.27. The Morgan fingerprint density at radius 1 is 1.07 bits per heavy atom. The summed E-state index contributed by atoms with van der Waals surface area (Å²) in [6.07, 6.45) is 3.02. The summed E-state index contributed by atoms with van der Waals surface area (Å²) in [6.45, 7) is 3.58. The second kappa shape index (κ2) is 8.97. The van der Waals surface area contributed by atoms with Crippen LogP contribution < -0.4 is 19.5 Å². The van der Waals surface area contributed by atoms with E-state index in [1.165, 1.54) is 39.5 Å². The maximum absolute atomic E-state index is 13.3. The van der Waals surface area contributed by atoms with Gasteiger partial charge in [0.2, 0.25) is 11.7 Å². The van der Waals surface area contributed by atoms with Gasteiger partial charge in [0.25, 0.3) is 0 Å². The highest BCUT2D eigenvalue weighted by molar-refractivity contribution is 6.31. The molecule has 2 rings (SSSR count). The SMILES string of the molecule is COc1cc(/C=C/C(=O)NC(C)(C)c2ccc(F)cc2Cl)cc(OC)c1OC. The summed E-state index contributed by atoms with van der Waals surface area (Å²) >= 11 is 6.12. The van der Waals surface area contributed by atoms with Crippen molar-refractivity contribution in [1.29, 1.82) is 0 Å². The fraction of sp³-hybridized carbons (Fsp3) is 0.286. The van der Waals surface area contributed by atoms with Crippen molar-refractivity contribution in [3.63, 3.8) is 0 Å². The Hall–Kier alpha value is -2.73. The third kappa shape index (κ3) is 4.95. The molecule has 0 aromatic heterocycles. The van der Waals surface area contributed by atoms with Crippen molar-refractivity contribution in [2.24, 2.45) is 0 Å². The molecule has 0 aliphatic rings. The van der Waals surface area contributed by atoms with Gasteiger partial charge in [0.15, 0.2) is 11.5 Å². The summed E-state index contributed by atoms with van der Waals surface area (Å²) in [7, 11) is 4.56. The number of carbonyl (C=O) groups is 1. The van der Waals surface area contributed by atoms with E-state index in [1.807, 2.05) is 0 Å². The molecule has 0 heterocycles. The van der Waals surface area contributed by atoms with E-state index >= 15 is 0 Å². The maximum Gasteiger partial charge on any atom is 0.244 e. The Morgan fingerprint density at radius 3 is 2.18 bits per heavy atom. The van der Waals surface area contributed by atoms with Crippen LogP contribution in [0.2, 0.25) is 5.02 Å². The van der Waals surface area contributed by atoms with Crippen molar-refractivity contribution in [3.8, 4) is 17.2 Å². The topological polar surface area (TPSA) is 56.8 Å². The molecule has 150 valence electrons. The molecule has 0 aliphatic heterocycles. The molecule has 2 aromatic rings. The van der Waals surface area contributed by atoms with Crippen LogP contribution in [0, 0.1) is 5.82 Å². The van der Waals surface area contributed by atoms with E-state index < -0.39 is 11.4 Å². The first kappa shape index (κ1) is 21.6. The van der Waals surface area contributed by atoms with Gasteiger partial charge in [0, 0.05) is 11.1 Å². The lowest BCUT2D eigenvalue weighted by Crippen LogP contribution is -2.40. The predicted octanol–water partition coefficient (Wildman–Crippen LogP) is 4.57. The summed E-state index contributed by atoms with van der Waals surface area (Å²) in [5.74, 6) is 0.677. The van der Waals surface area contributed by atoms with Gasteiger partial charge in [-0.15, -0.1) is 0 Å². The van der Waals surface area contributed by atoms with Crippen molar-refractivity contribution in [2.45, 2.75) is 19.4 Å². The first-order valence-electron chi connectivity index (χ1n) is 8.47. The van der Waals surface area contributed by atoms with E-state index in [1.54, 1.807) is 38.1 Å². The third-order valence-corrected chi connectivity index (χ3v) is 4.47. The quantitative estimate of drug-likeness (QED) is 0.683. The molecule has 7 heteroatoms. The second-order valence-corrected chi connectivity index (χ2v) is 6.94. The normalized spacial score (nSPS) is 11.4. The number of hydrogen-bond acceptors (Lipinski definition) is 4. The highest BCUT2D eigenvalue weighted by atomic mass is 35.5. The smallest absolute Gasteiger partial charge is 0.244 e. The first-order chi connectivity index (χ1) is 13.2. The van der Waals surface area contributed by atoms with Crippen LogP contribution in [0.15, 0.2) is 36.4 Å². The molecule has 0 fully saturated rings. The number of hydrogen-bond donors (Lipinski definition) is 1. The highest BCUT2D eigenvalue weighted by Crippen LogP contribution is 2.38. The molecule has 0 atom stereocenters. The van der Waals surface area contributed by atoms with E-state index in [-0.39, 0.29) is 10.9 Å². The van der Waals surface area contributed by atoms with Gasteiger partial charge in [-0.25, -0.2) is 4.39 Å². The summed E-state index contributed by atoms with van der Waals surface area (Å²) in [6, 6.07) is 7.54. The highest BCUT2D eigenvalue weighted by Gasteiger charge is 2.24. The molecular formula is C21H23ClFNO4. The minimum atomic E-state index is -0.790. The molecule has 0 unspecified atom stereocenters.